The third kappa shape index (κ3) is 3.22. The van der Waals surface area contributed by atoms with Crippen molar-refractivity contribution in [1.29, 1.82) is 0 Å². The topological polar surface area (TPSA) is 26.3 Å². The summed E-state index contributed by atoms with van der Waals surface area (Å²) in [6, 6.07) is 0. The average molecular weight is 222 g/mol. The van der Waals surface area contributed by atoms with Crippen LogP contribution < -0.4 is 0 Å². The van der Waals surface area contributed by atoms with Crippen molar-refractivity contribution >= 4 is 5.97 Å². The summed E-state index contributed by atoms with van der Waals surface area (Å²) in [4.78, 5) is 11.3. The number of ether oxygens (including phenoxy) is 1. The van der Waals surface area contributed by atoms with E-state index in [-0.39, 0.29) is 11.4 Å². The van der Waals surface area contributed by atoms with Crippen molar-refractivity contribution in [3.63, 3.8) is 0 Å². The molecule has 2 nitrogen and oxygen atoms in total. The van der Waals surface area contributed by atoms with Gasteiger partial charge >= 0.3 is 5.97 Å². The van der Waals surface area contributed by atoms with Gasteiger partial charge in [0.2, 0.25) is 0 Å². The maximum Gasteiger partial charge on any atom is 0.330 e. The molecule has 1 fully saturated rings. The Balaban J connectivity index is 2.92. The number of carbonyl (C=O) groups is 1. The van der Waals surface area contributed by atoms with Crippen LogP contribution in [-0.2, 0) is 9.53 Å². The lowest BCUT2D eigenvalue weighted by Crippen LogP contribution is -2.24. The minimum Gasteiger partial charge on any atom is -0.466 e. The molecule has 1 aliphatic carbocycles. The van der Waals surface area contributed by atoms with Crippen LogP contribution in [0.3, 0.4) is 0 Å². The van der Waals surface area contributed by atoms with Gasteiger partial charge in [0.15, 0.2) is 0 Å². The molecule has 0 aliphatic heterocycles. The first kappa shape index (κ1) is 13.0. The number of hydrogen-bond donors (Lipinski definition) is 0. The average Bonchev–Trinajstić information content (AvgIpc) is 2.15. The van der Waals surface area contributed by atoms with Crippen molar-refractivity contribution in [3.05, 3.63) is 23.8 Å². The van der Waals surface area contributed by atoms with E-state index in [1.807, 2.05) is 6.92 Å². The molecule has 0 amide bonds. The van der Waals surface area contributed by atoms with E-state index >= 15 is 0 Å². The van der Waals surface area contributed by atoms with Gasteiger partial charge in [-0.2, -0.15) is 0 Å². The smallest absolute Gasteiger partial charge is 0.330 e. The van der Waals surface area contributed by atoms with Crippen LogP contribution in [0.5, 0.6) is 0 Å². The first-order chi connectivity index (χ1) is 7.35. The number of esters is 1. The molecule has 0 aromatic carbocycles. The molecule has 0 N–H and O–H groups in total. The quantitative estimate of drug-likeness (QED) is 0.406. The molecule has 16 heavy (non-hydrogen) atoms. The minimum absolute atomic E-state index is 0.251. The second kappa shape index (κ2) is 4.86. The third-order valence-electron chi connectivity index (χ3n) is 3.34. The molecule has 0 unspecified atom stereocenters. The molecule has 1 aliphatic rings. The molecular formula is C14H22O2. The lowest BCUT2D eigenvalue weighted by Gasteiger charge is -2.37. The standard InChI is InChI=1S/C14H22O2/c1-10(2)12-6-7-14(3,4)9-11(12)8-13(15)16-5/h8,12H,1,6-7,9H2,2-5H3/b11-8+/t12-/m0/s1. The number of rotatable bonds is 2. The molecule has 90 valence electrons. The van der Waals surface area contributed by atoms with Crippen molar-refractivity contribution in [1.82, 2.24) is 0 Å². The number of methoxy groups -OCH3 is 1. The van der Waals surface area contributed by atoms with Crippen LogP contribution in [0.2, 0.25) is 0 Å². The van der Waals surface area contributed by atoms with Gasteiger partial charge in [-0.05, 0) is 31.6 Å². The highest BCUT2D eigenvalue weighted by Crippen LogP contribution is 2.43. The van der Waals surface area contributed by atoms with E-state index in [2.05, 4.69) is 20.4 Å². The minimum atomic E-state index is -0.251. The first-order valence-electron chi connectivity index (χ1n) is 5.79. The fourth-order valence-corrected chi connectivity index (χ4v) is 2.41. The Hall–Kier alpha value is -1.05. The van der Waals surface area contributed by atoms with E-state index < -0.39 is 0 Å². The molecule has 0 bridgehead atoms. The van der Waals surface area contributed by atoms with Crippen molar-refractivity contribution in [2.75, 3.05) is 7.11 Å². The SMILES string of the molecule is C=C(C)[C@@H]1CCC(C)(C)C/C1=C\C(=O)OC. The zero-order valence-electron chi connectivity index (χ0n) is 10.8. The lowest BCUT2D eigenvalue weighted by atomic mass is 9.68. The van der Waals surface area contributed by atoms with E-state index in [0.29, 0.717) is 5.92 Å². The van der Waals surface area contributed by atoms with Crippen LogP contribution in [0.1, 0.15) is 40.0 Å². The third-order valence-corrected chi connectivity index (χ3v) is 3.34. The zero-order valence-corrected chi connectivity index (χ0v) is 10.8. The fraction of sp³-hybridized carbons (Fsp3) is 0.643. The van der Waals surface area contributed by atoms with Crippen LogP contribution in [0, 0.1) is 11.3 Å². The Labute approximate surface area is 98.4 Å². The number of allylic oxidation sites excluding steroid dienone is 2. The van der Waals surface area contributed by atoms with E-state index in [1.165, 1.54) is 19.1 Å². The summed E-state index contributed by atoms with van der Waals surface area (Å²) in [5, 5.41) is 0. The summed E-state index contributed by atoms with van der Waals surface area (Å²) in [5.41, 5.74) is 2.60. The summed E-state index contributed by atoms with van der Waals surface area (Å²) in [7, 11) is 1.42. The van der Waals surface area contributed by atoms with Crippen molar-refractivity contribution in [2.24, 2.45) is 11.3 Å². The van der Waals surface area contributed by atoms with Gasteiger partial charge in [-0.15, -0.1) is 0 Å². The Morgan fingerprint density at radius 2 is 2.19 bits per heavy atom. The number of hydrogen-bond acceptors (Lipinski definition) is 2. The predicted molar refractivity (Wildman–Crippen MR) is 66.0 cm³/mol. The highest BCUT2D eigenvalue weighted by Gasteiger charge is 2.31. The lowest BCUT2D eigenvalue weighted by molar-refractivity contribution is -0.134. The largest absolute Gasteiger partial charge is 0.466 e. The first-order valence-corrected chi connectivity index (χ1v) is 5.79. The molecule has 0 heterocycles. The van der Waals surface area contributed by atoms with Gasteiger partial charge in [-0.1, -0.05) is 31.6 Å². The monoisotopic (exact) mass is 222 g/mol. The maximum atomic E-state index is 11.3. The summed E-state index contributed by atoms with van der Waals surface area (Å²) in [5.74, 6) is 0.103. The highest BCUT2D eigenvalue weighted by atomic mass is 16.5. The molecule has 0 radical (unpaired) electrons. The Bertz CT molecular complexity index is 324. The Morgan fingerprint density at radius 1 is 1.56 bits per heavy atom. The molecule has 0 spiro atoms. The molecule has 0 aromatic rings. The summed E-state index contributed by atoms with van der Waals surface area (Å²) in [6.07, 6.45) is 4.88. The Kier molecular flexibility index (Phi) is 3.95. The second-order valence-electron chi connectivity index (χ2n) is 5.52. The van der Waals surface area contributed by atoms with Gasteiger partial charge in [0.05, 0.1) is 7.11 Å². The van der Waals surface area contributed by atoms with E-state index in [0.717, 1.165) is 18.4 Å². The maximum absolute atomic E-state index is 11.3. The van der Waals surface area contributed by atoms with Crippen molar-refractivity contribution in [2.45, 2.75) is 40.0 Å². The van der Waals surface area contributed by atoms with Gasteiger partial charge in [-0.3, -0.25) is 0 Å². The van der Waals surface area contributed by atoms with E-state index in [1.54, 1.807) is 6.08 Å². The fourth-order valence-electron chi connectivity index (χ4n) is 2.41. The van der Waals surface area contributed by atoms with Crippen LogP contribution in [0.15, 0.2) is 23.8 Å². The molecule has 1 rings (SSSR count). The van der Waals surface area contributed by atoms with Gasteiger partial charge in [0.25, 0.3) is 0 Å². The number of carbonyl (C=O) groups excluding carboxylic acids is 1. The summed E-state index contributed by atoms with van der Waals surface area (Å²) < 4.78 is 4.70. The predicted octanol–water partition coefficient (Wildman–Crippen LogP) is 3.49. The molecule has 1 saturated carbocycles. The van der Waals surface area contributed by atoms with Gasteiger partial charge in [0, 0.05) is 12.0 Å². The van der Waals surface area contributed by atoms with E-state index in [4.69, 9.17) is 4.74 Å². The molecule has 0 saturated heterocycles. The van der Waals surface area contributed by atoms with Crippen LogP contribution in [0.4, 0.5) is 0 Å². The summed E-state index contributed by atoms with van der Waals surface area (Å²) in [6.45, 7) is 10.5. The van der Waals surface area contributed by atoms with Crippen molar-refractivity contribution in [3.8, 4) is 0 Å². The summed E-state index contributed by atoms with van der Waals surface area (Å²) >= 11 is 0. The normalized spacial score (nSPS) is 26.5. The van der Waals surface area contributed by atoms with Gasteiger partial charge in [0.1, 0.15) is 0 Å². The van der Waals surface area contributed by atoms with Gasteiger partial charge < -0.3 is 4.74 Å². The van der Waals surface area contributed by atoms with Crippen molar-refractivity contribution < 1.29 is 9.53 Å². The molecule has 1 atom stereocenters. The van der Waals surface area contributed by atoms with Crippen LogP contribution >= 0.6 is 0 Å². The molecule has 0 aromatic heterocycles. The Morgan fingerprint density at radius 3 is 2.69 bits per heavy atom. The van der Waals surface area contributed by atoms with Crippen LogP contribution in [-0.4, -0.2) is 13.1 Å². The van der Waals surface area contributed by atoms with Gasteiger partial charge in [-0.25, -0.2) is 4.79 Å². The molecule has 2 heteroatoms. The highest BCUT2D eigenvalue weighted by molar-refractivity contribution is 5.82. The molecular weight excluding hydrogens is 200 g/mol. The van der Waals surface area contributed by atoms with E-state index in [9.17, 15) is 4.79 Å². The zero-order chi connectivity index (χ0) is 12.3. The van der Waals surface area contributed by atoms with Crippen LogP contribution in [0.25, 0.3) is 0 Å². The second-order valence-corrected chi connectivity index (χ2v) is 5.52.